The van der Waals surface area contributed by atoms with Crippen molar-refractivity contribution < 1.29 is 0 Å². The van der Waals surface area contributed by atoms with Gasteiger partial charge in [-0.2, -0.15) is 0 Å². The fourth-order valence-electron chi connectivity index (χ4n) is 11.9. The SMILES string of the molecule is c1ccc(N(c2ccc3c(c2)C(c2ccccc2)(c2ccccc2)c2cc4ccccc4cc2-3)c2cc(N(c3ccccc3)c3ccccc3)c3c4ccccc4n(-c4ccc5ccccc5c4)c3c2)cc1. The van der Waals surface area contributed by atoms with Crippen LogP contribution in [0.15, 0.2) is 285 Å². The number of anilines is 6. The van der Waals surface area contributed by atoms with E-state index in [1.807, 2.05) is 0 Å². The molecule has 13 aromatic rings. The van der Waals surface area contributed by atoms with Crippen LogP contribution in [-0.2, 0) is 5.41 Å². The summed E-state index contributed by atoms with van der Waals surface area (Å²) >= 11 is 0. The summed E-state index contributed by atoms with van der Waals surface area (Å²) in [4.78, 5) is 4.91. The zero-order chi connectivity index (χ0) is 47.6. The average Bonchev–Trinajstić information content (AvgIpc) is 3.94. The summed E-state index contributed by atoms with van der Waals surface area (Å²) < 4.78 is 2.47. The number of para-hydroxylation sites is 4. The predicted molar refractivity (Wildman–Crippen MR) is 302 cm³/mol. The van der Waals surface area contributed by atoms with E-state index in [9.17, 15) is 0 Å². The maximum atomic E-state index is 2.49. The molecule has 14 rings (SSSR count). The zero-order valence-electron chi connectivity index (χ0n) is 39.5. The predicted octanol–water partition coefficient (Wildman–Crippen LogP) is 18.4. The molecule has 0 saturated heterocycles. The van der Waals surface area contributed by atoms with Gasteiger partial charge in [0.15, 0.2) is 0 Å². The molecule has 0 fully saturated rings. The fourth-order valence-corrected chi connectivity index (χ4v) is 11.9. The summed E-state index contributed by atoms with van der Waals surface area (Å²) in [6.45, 7) is 0. The summed E-state index contributed by atoms with van der Waals surface area (Å²) in [6.07, 6.45) is 0. The molecule has 3 nitrogen and oxygen atoms in total. The maximum Gasteiger partial charge on any atom is 0.0714 e. The smallest absolute Gasteiger partial charge is 0.0714 e. The Morgan fingerprint density at radius 2 is 0.792 bits per heavy atom. The quantitative estimate of drug-likeness (QED) is 0.143. The lowest BCUT2D eigenvalue weighted by Crippen LogP contribution is -2.28. The van der Waals surface area contributed by atoms with Crippen molar-refractivity contribution in [1.82, 2.24) is 4.57 Å². The molecule has 0 amide bonds. The number of hydrogen-bond acceptors (Lipinski definition) is 2. The maximum absolute atomic E-state index is 2.49. The molecule has 12 aromatic carbocycles. The first-order chi connectivity index (χ1) is 35.7. The third-order valence-electron chi connectivity index (χ3n) is 14.9. The van der Waals surface area contributed by atoms with E-state index in [0.717, 1.165) is 50.8 Å². The Bertz CT molecular complexity index is 4070. The molecule has 1 aliphatic rings. The summed E-state index contributed by atoms with van der Waals surface area (Å²) in [5.41, 5.74) is 16.7. The monoisotopic (exact) mass is 917 g/mol. The molecule has 0 unspecified atom stereocenters. The molecule has 1 aliphatic carbocycles. The lowest BCUT2D eigenvalue weighted by Gasteiger charge is -2.35. The van der Waals surface area contributed by atoms with E-state index in [1.54, 1.807) is 0 Å². The van der Waals surface area contributed by atoms with Crippen LogP contribution in [-0.4, -0.2) is 4.57 Å². The van der Waals surface area contributed by atoms with Gasteiger partial charge >= 0.3 is 0 Å². The van der Waals surface area contributed by atoms with Crippen molar-refractivity contribution in [2.75, 3.05) is 9.80 Å². The fraction of sp³-hybridized carbons (Fsp3) is 0.0145. The number of fused-ring (bicyclic) bond motifs is 8. The Kier molecular flexibility index (Phi) is 9.75. The van der Waals surface area contributed by atoms with E-state index < -0.39 is 5.41 Å². The summed E-state index contributed by atoms with van der Waals surface area (Å²) in [5, 5.41) is 7.24. The van der Waals surface area contributed by atoms with Crippen molar-refractivity contribution in [1.29, 1.82) is 0 Å². The zero-order valence-corrected chi connectivity index (χ0v) is 39.5. The first kappa shape index (κ1) is 41.5. The highest BCUT2D eigenvalue weighted by atomic mass is 15.2. The Hall–Kier alpha value is -9.44. The van der Waals surface area contributed by atoms with Crippen molar-refractivity contribution in [2.24, 2.45) is 0 Å². The molecule has 1 aromatic heterocycles. The Balaban J connectivity index is 1.10. The summed E-state index contributed by atoms with van der Waals surface area (Å²) in [5.74, 6) is 0. The van der Waals surface area contributed by atoms with Gasteiger partial charge in [-0.1, -0.05) is 194 Å². The largest absolute Gasteiger partial charge is 0.310 e. The lowest BCUT2D eigenvalue weighted by atomic mass is 9.67. The van der Waals surface area contributed by atoms with Gasteiger partial charge < -0.3 is 14.4 Å². The van der Waals surface area contributed by atoms with Crippen molar-refractivity contribution >= 4 is 77.5 Å². The molecule has 0 bridgehead atoms. The third-order valence-corrected chi connectivity index (χ3v) is 14.9. The second-order valence-corrected chi connectivity index (χ2v) is 18.9. The van der Waals surface area contributed by atoms with Gasteiger partial charge in [-0.05, 0) is 146 Å². The van der Waals surface area contributed by atoms with Gasteiger partial charge in [0, 0.05) is 39.2 Å². The molecule has 338 valence electrons. The van der Waals surface area contributed by atoms with Crippen molar-refractivity contribution in [3.8, 4) is 16.8 Å². The van der Waals surface area contributed by atoms with E-state index in [-0.39, 0.29) is 0 Å². The standard InChI is InChI=1S/C69H47N3/c1-6-26-52(27-7-1)69(53-28-8-2-9-29-53)63-44-51-25-19-18-24-50(51)43-62(63)60-41-40-58(45-64(60)69)70(54-30-10-3-11-31-54)59-46-66(71(55-32-12-4-13-33-55)56-34-14-5-15-35-56)68-61-36-20-21-37-65(61)72(67(68)47-59)57-39-38-48-22-16-17-23-49(48)42-57/h1-47H. The van der Waals surface area contributed by atoms with E-state index in [4.69, 9.17) is 0 Å². The molecular weight excluding hydrogens is 871 g/mol. The van der Waals surface area contributed by atoms with Crippen molar-refractivity contribution in [3.05, 3.63) is 307 Å². The Morgan fingerprint density at radius 3 is 1.42 bits per heavy atom. The van der Waals surface area contributed by atoms with Gasteiger partial charge in [-0.15, -0.1) is 0 Å². The molecule has 0 saturated carbocycles. The highest BCUT2D eigenvalue weighted by molar-refractivity contribution is 6.18. The second kappa shape index (κ2) is 16.9. The van der Waals surface area contributed by atoms with E-state index >= 15 is 0 Å². The summed E-state index contributed by atoms with van der Waals surface area (Å²) in [7, 11) is 0. The van der Waals surface area contributed by atoms with Crippen LogP contribution in [0.25, 0.3) is 60.2 Å². The van der Waals surface area contributed by atoms with Crippen LogP contribution < -0.4 is 9.80 Å². The van der Waals surface area contributed by atoms with E-state index in [0.29, 0.717) is 0 Å². The Morgan fingerprint density at radius 1 is 0.292 bits per heavy atom. The lowest BCUT2D eigenvalue weighted by molar-refractivity contribution is 0.769. The third kappa shape index (κ3) is 6.52. The van der Waals surface area contributed by atoms with Crippen LogP contribution in [0, 0.1) is 0 Å². The van der Waals surface area contributed by atoms with E-state index in [2.05, 4.69) is 299 Å². The van der Waals surface area contributed by atoms with Gasteiger partial charge in [0.25, 0.3) is 0 Å². The van der Waals surface area contributed by atoms with Crippen LogP contribution in [0.3, 0.4) is 0 Å². The number of hydrogen-bond donors (Lipinski definition) is 0. The normalized spacial score (nSPS) is 12.6. The number of nitrogens with zero attached hydrogens (tertiary/aromatic N) is 3. The molecular formula is C69H47N3. The second-order valence-electron chi connectivity index (χ2n) is 18.9. The Labute approximate surface area is 419 Å². The van der Waals surface area contributed by atoms with Gasteiger partial charge in [0.1, 0.15) is 0 Å². The minimum Gasteiger partial charge on any atom is -0.310 e. The number of aromatic nitrogens is 1. The molecule has 0 atom stereocenters. The highest BCUT2D eigenvalue weighted by Gasteiger charge is 2.46. The highest BCUT2D eigenvalue weighted by Crippen LogP contribution is 2.58. The first-order valence-electron chi connectivity index (χ1n) is 24.8. The van der Waals surface area contributed by atoms with Crippen LogP contribution >= 0.6 is 0 Å². The molecule has 0 N–H and O–H groups in total. The average molecular weight is 918 g/mol. The topological polar surface area (TPSA) is 11.4 Å². The van der Waals surface area contributed by atoms with Gasteiger partial charge in [-0.3, -0.25) is 0 Å². The van der Waals surface area contributed by atoms with Crippen LogP contribution in [0.2, 0.25) is 0 Å². The van der Waals surface area contributed by atoms with Crippen molar-refractivity contribution in [2.45, 2.75) is 5.41 Å². The summed E-state index contributed by atoms with van der Waals surface area (Å²) in [6, 6.07) is 105. The number of rotatable bonds is 9. The molecule has 0 spiro atoms. The van der Waals surface area contributed by atoms with Gasteiger partial charge in [0.2, 0.25) is 0 Å². The molecule has 3 heteroatoms. The minimum atomic E-state index is -0.607. The van der Waals surface area contributed by atoms with Gasteiger partial charge in [0.05, 0.1) is 27.8 Å². The van der Waals surface area contributed by atoms with Gasteiger partial charge in [-0.25, -0.2) is 0 Å². The minimum absolute atomic E-state index is 0.607. The number of benzene rings is 12. The molecule has 0 radical (unpaired) electrons. The molecule has 0 aliphatic heterocycles. The van der Waals surface area contributed by atoms with Crippen LogP contribution in [0.5, 0.6) is 0 Å². The first-order valence-corrected chi connectivity index (χ1v) is 24.8. The van der Waals surface area contributed by atoms with Crippen LogP contribution in [0.4, 0.5) is 34.1 Å². The van der Waals surface area contributed by atoms with Crippen molar-refractivity contribution in [3.63, 3.8) is 0 Å². The molecule has 72 heavy (non-hydrogen) atoms. The molecule has 1 heterocycles. The van der Waals surface area contributed by atoms with E-state index in [1.165, 1.54) is 65.7 Å². The van der Waals surface area contributed by atoms with Crippen LogP contribution in [0.1, 0.15) is 22.3 Å².